The molecule has 7 nitrogen and oxygen atoms in total. The van der Waals surface area contributed by atoms with E-state index in [4.69, 9.17) is 16.3 Å². The van der Waals surface area contributed by atoms with Crippen molar-refractivity contribution in [3.05, 3.63) is 83.4 Å². The van der Waals surface area contributed by atoms with Crippen LogP contribution in [0.4, 0.5) is 10.1 Å². The first-order valence-electron chi connectivity index (χ1n) is 11.9. The Bertz CT molecular complexity index is 1180. The average Bonchev–Trinajstić information content (AvgIpc) is 2.88. The van der Waals surface area contributed by atoms with Crippen LogP contribution < -0.4 is 20.7 Å². The van der Waals surface area contributed by atoms with Gasteiger partial charge in [-0.3, -0.25) is 14.6 Å². The number of hydrogen-bond donors (Lipinski definition) is 3. The molecule has 0 saturated heterocycles. The fourth-order valence-electron chi connectivity index (χ4n) is 4.23. The zero-order valence-electron chi connectivity index (χ0n) is 19.7. The van der Waals surface area contributed by atoms with Crippen LogP contribution in [-0.4, -0.2) is 35.4 Å². The Morgan fingerprint density at radius 1 is 0.944 bits per heavy atom. The van der Waals surface area contributed by atoms with Crippen LogP contribution in [0.1, 0.15) is 42.5 Å². The molecule has 2 amide bonds. The Balaban J connectivity index is 1.34. The summed E-state index contributed by atoms with van der Waals surface area (Å²) in [6, 6.07) is 14.4. The Morgan fingerprint density at radius 2 is 1.67 bits per heavy atom. The second-order valence-electron chi connectivity index (χ2n) is 8.75. The van der Waals surface area contributed by atoms with Crippen molar-refractivity contribution in [3.8, 4) is 11.5 Å². The van der Waals surface area contributed by atoms with E-state index in [0.29, 0.717) is 48.0 Å². The molecule has 1 aliphatic carbocycles. The highest BCUT2D eigenvalue weighted by Crippen LogP contribution is 2.29. The molecule has 9 heteroatoms. The average molecular weight is 511 g/mol. The fraction of sp³-hybridized carbons (Fsp3) is 0.296. The quantitative estimate of drug-likeness (QED) is 0.338. The van der Waals surface area contributed by atoms with Gasteiger partial charge in [0.2, 0.25) is 5.91 Å². The van der Waals surface area contributed by atoms with E-state index in [2.05, 4.69) is 20.9 Å². The molecule has 4 rings (SSSR count). The van der Waals surface area contributed by atoms with Crippen LogP contribution >= 0.6 is 11.6 Å². The maximum absolute atomic E-state index is 13.2. The zero-order chi connectivity index (χ0) is 25.4. The third-order valence-corrected chi connectivity index (χ3v) is 6.32. The summed E-state index contributed by atoms with van der Waals surface area (Å²) in [4.78, 5) is 30.2. The van der Waals surface area contributed by atoms with Gasteiger partial charge in [-0.15, -0.1) is 0 Å². The van der Waals surface area contributed by atoms with Gasteiger partial charge in [0.15, 0.2) is 0 Å². The van der Waals surface area contributed by atoms with Crippen molar-refractivity contribution in [2.24, 2.45) is 0 Å². The standard InChI is InChI=1S/C27H28ClFN4O3/c28-20-16-24(18-30-17-20)36-23-10-4-19(5-11-23)25(34)33-27(12-2-1-3-13-27)26(35)32-15-14-31-22-8-6-21(29)7-9-22/h4-11,16-18,31H,1-3,12-15H2,(H,32,35)(H,33,34). The summed E-state index contributed by atoms with van der Waals surface area (Å²) >= 11 is 5.94. The first-order chi connectivity index (χ1) is 17.4. The van der Waals surface area contributed by atoms with Crippen LogP contribution in [0.3, 0.4) is 0 Å². The van der Waals surface area contributed by atoms with Crippen LogP contribution in [0.25, 0.3) is 0 Å². The van der Waals surface area contributed by atoms with E-state index in [-0.39, 0.29) is 17.6 Å². The van der Waals surface area contributed by atoms with Crippen molar-refractivity contribution < 1.29 is 18.7 Å². The van der Waals surface area contributed by atoms with Crippen LogP contribution in [-0.2, 0) is 4.79 Å². The number of benzene rings is 2. The molecule has 2 aromatic carbocycles. The normalized spacial score (nSPS) is 14.5. The molecule has 0 spiro atoms. The van der Waals surface area contributed by atoms with Crippen molar-refractivity contribution in [2.45, 2.75) is 37.6 Å². The molecular weight excluding hydrogens is 483 g/mol. The highest BCUT2D eigenvalue weighted by Gasteiger charge is 2.40. The van der Waals surface area contributed by atoms with Crippen molar-refractivity contribution in [2.75, 3.05) is 18.4 Å². The summed E-state index contributed by atoms with van der Waals surface area (Å²) in [5.41, 5.74) is 0.250. The summed E-state index contributed by atoms with van der Waals surface area (Å²) in [5, 5.41) is 9.56. The van der Waals surface area contributed by atoms with Gasteiger partial charge in [0.25, 0.3) is 5.91 Å². The number of anilines is 1. The van der Waals surface area contributed by atoms with Crippen LogP contribution in [0.15, 0.2) is 67.0 Å². The van der Waals surface area contributed by atoms with Gasteiger partial charge in [0, 0.05) is 36.6 Å². The number of nitrogens with one attached hydrogen (secondary N) is 3. The van der Waals surface area contributed by atoms with E-state index in [9.17, 15) is 14.0 Å². The van der Waals surface area contributed by atoms with Crippen molar-refractivity contribution in [1.82, 2.24) is 15.6 Å². The highest BCUT2D eigenvalue weighted by atomic mass is 35.5. The van der Waals surface area contributed by atoms with Crippen LogP contribution in [0, 0.1) is 5.82 Å². The van der Waals surface area contributed by atoms with Gasteiger partial charge in [0.05, 0.1) is 11.2 Å². The summed E-state index contributed by atoms with van der Waals surface area (Å²) < 4.78 is 18.8. The lowest BCUT2D eigenvalue weighted by atomic mass is 9.80. The first-order valence-corrected chi connectivity index (χ1v) is 12.3. The number of nitrogens with zero attached hydrogens (tertiary/aromatic N) is 1. The van der Waals surface area contributed by atoms with Crippen molar-refractivity contribution in [3.63, 3.8) is 0 Å². The van der Waals surface area contributed by atoms with Gasteiger partial charge < -0.3 is 20.7 Å². The molecule has 1 saturated carbocycles. The lowest BCUT2D eigenvalue weighted by Crippen LogP contribution is -2.60. The molecule has 0 aliphatic heterocycles. The minimum absolute atomic E-state index is 0.190. The molecule has 3 N–H and O–H groups in total. The van der Waals surface area contributed by atoms with E-state index in [1.165, 1.54) is 18.3 Å². The smallest absolute Gasteiger partial charge is 0.252 e. The third kappa shape index (κ3) is 6.73. The van der Waals surface area contributed by atoms with Gasteiger partial charge in [-0.2, -0.15) is 0 Å². The molecule has 0 atom stereocenters. The van der Waals surface area contributed by atoms with Crippen LogP contribution in [0.5, 0.6) is 11.5 Å². The number of halogens is 2. The molecule has 0 unspecified atom stereocenters. The minimum atomic E-state index is -0.952. The zero-order valence-corrected chi connectivity index (χ0v) is 20.5. The second-order valence-corrected chi connectivity index (χ2v) is 9.19. The first kappa shape index (κ1) is 25.4. The predicted octanol–water partition coefficient (Wildman–Crippen LogP) is 5.33. The number of hydrogen-bond acceptors (Lipinski definition) is 5. The maximum Gasteiger partial charge on any atom is 0.252 e. The molecule has 3 aromatic rings. The molecule has 1 fully saturated rings. The summed E-state index contributed by atoms with van der Waals surface area (Å²) in [7, 11) is 0. The SMILES string of the molecule is O=C(NC1(C(=O)NCCNc2ccc(F)cc2)CCCCC1)c1ccc(Oc2cncc(Cl)c2)cc1. The van der Waals surface area contributed by atoms with Gasteiger partial charge in [-0.1, -0.05) is 30.9 Å². The van der Waals surface area contributed by atoms with E-state index in [1.54, 1.807) is 48.7 Å². The topological polar surface area (TPSA) is 92.4 Å². The monoisotopic (exact) mass is 510 g/mol. The largest absolute Gasteiger partial charge is 0.456 e. The number of rotatable bonds is 9. The van der Waals surface area contributed by atoms with E-state index < -0.39 is 5.54 Å². The van der Waals surface area contributed by atoms with Gasteiger partial charge in [-0.25, -0.2) is 4.39 Å². The van der Waals surface area contributed by atoms with E-state index in [0.717, 1.165) is 24.9 Å². The maximum atomic E-state index is 13.2. The minimum Gasteiger partial charge on any atom is -0.456 e. The molecule has 0 bridgehead atoms. The molecule has 36 heavy (non-hydrogen) atoms. The number of carbonyl (C=O) groups is 2. The Morgan fingerprint density at radius 3 is 2.36 bits per heavy atom. The number of pyridine rings is 1. The third-order valence-electron chi connectivity index (χ3n) is 6.11. The molecule has 188 valence electrons. The van der Waals surface area contributed by atoms with Crippen molar-refractivity contribution in [1.29, 1.82) is 0 Å². The van der Waals surface area contributed by atoms with Gasteiger partial charge >= 0.3 is 0 Å². The van der Waals surface area contributed by atoms with Crippen LogP contribution in [0.2, 0.25) is 5.02 Å². The van der Waals surface area contributed by atoms with Gasteiger partial charge in [0.1, 0.15) is 22.9 Å². The molecular formula is C27H28ClFN4O3. The molecule has 0 radical (unpaired) electrons. The summed E-state index contributed by atoms with van der Waals surface area (Å²) in [6.07, 6.45) is 6.98. The number of ether oxygens (including phenoxy) is 1. The molecule has 1 aliphatic rings. The predicted molar refractivity (Wildman–Crippen MR) is 137 cm³/mol. The number of amides is 2. The number of aromatic nitrogens is 1. The van der Waals surface area contributed by atoms with Crippen molar-refractivity contribution >= 4 is 29.1 Å². The summed E-state index contributed by atoms with van der Waals surface area (Å²) in [5.74, 6) is 0.225. The second kappa shape index (κ2) is 11.9. The molecule has 1 heterocycles. The Hall–Kier alpha value is -3.65. The Labute approximate surface area is 214 Å². The summed E-state index contributed by atoms with van der Waals surface area (Å²) in [6.45, 7) is 0.850. The lowest BCUT2D eigenvalue weighted by molar-refractivity contribution is -0.128. The Kier molecular flexibility index (Phi) is 8.38. The van der Waals surface area contributed by atoms with E-state index in [1.807, 2.05) is 0 Å². The van der Waals surface area contributed by atoms with Gasteiger partial charge in [-0.05, 0) is 61.4 Å². The molecule has 1 aromatic heterocycles. The van der Waals surface area contributed by atoms with E-state index >= 15 is 0 Å². The highest BCUT2D eigenvalue weighted by molar-refractivity contribution is 6.30. The fourth-order valence-corrected chi connectivity index (χ4v) is 4.40. The number of carbonyl (C=O) groups excluding carboxylic acids is 2. The lowest BCUT2D eigenvalue weighted by Gasteiger charge is -2.36.